The van der Waals surface area contributed by atoms with Crippen molar-refractivity contribution < 1.29 is 47.6 Å². The second-order valence-electron chi connectivity index (χ2n) is 21.9. The van der Waals surface area contributed by atoms with Gasteiger partial charge < -0.3 is 50.2 Å². The Morgan fingerprint density at radius 2 is 1.69 bits per heavy atom. The van der Waals surface area contributed by atoms with Crippen molar-refractivity contribution in [3.8, 4) is 16.2 Å². The van der Waals surface area contributed by atoms with Gasteiger partial charge in [-0.3, -0.25) is 24.1 Å². The Kier molecular flexibility index (Phi) is 23.4. The molecule has 0 spiro atoms. The molecule has 3 atom stereocenters. The molecule has 84 heavy (non-hydrogen) atoms. The highest BCUT2D eigenvalue weighted by atomic mass is 35.5. The number of aliphatic hydroxyl groups excluding tert-OH is 1. The predicted octanol–water partition coefficient (Wildman–Crippen LogP) is 7.82. The minimum Gasteiger partial charge on any atom is -0.491 e. The molecule has 3 aromatic heterocycles. The summed E-state index contributed by atoms with van der Waals surface area (Å²) in [5.41, 5.74) is 6.43. The van der Waals surface area contributed by atoms with Crippen LogP contribution in [0, 0.1) is 18.2 Å². The average molecular weight is 1200 g/mol. The number of unbranched alkanes of at least 4 members (excludes halogenated alkanes) is 2. The highest BCUT2D eigenvalue weighted by molar-refractivity contribution is 7.13. The van der Waals surface area contributed by atoms with Crippen LogP contribution in [0.1, 0.15) is 82.7 Å². The standard InChI is InChI=1S/C60H76ClFN12O9S/c1-40-55(84-39-66-40)42-16-14-41(15-17-42)34-63-58(78)51-31-45(75)36-74(51)59(79)56(60(2,3)4)69-54(77)37-82-29-28-81-27-26-80-25-23-73-35-44(70-71-73)12-7-5-10-24-83-52-33-49-46(57(65-38-64-49)67-43-18-19-48(62)47(61)30-43)32-50(52)68-53(76)13-11-22-72-20-8-6-9-21-72/h11,13-19,30,32-33,35,38-39,45,51,56,75H,5-10,12,20-29,31,34,36-37H2,1-4H3,(H,63,78)(H,68,76)(H,69,77)(H,64,65,67)/b13-11+/t45-,51+,56-/m1/s1. The van der Waals surface area contributed by atoms with E-state index in [0.717, 1.165) is 79.0 Å². The van der Waals surface area contributed by atoms with Crippen LogP contribution in [0.15, 0.2) is 84.8 Å². The zero-order valence-corrected chi connectivity index (χ0v) is 49.7. The van der Waals surface area contributed by atoms with E-state index in [0.29, 0.717) is 73.4 Å². The number of ether oxygens (including phenoxy) is 4. The zero-order chi connectivity index (χ0) is 59.4. The number of piperidine rings is 1. The van der Waals surface area contributed by atoms with Gasteiger partial charge in [0.05, 0.1) is 90.3 Å². The number of benzene rings is 3. The molecule has 21 nitrogen and oxygen atoms in total. The molecular formula is C60H76ClFN12O9S. The third-order valence-corrected chi connectivity index (χ3v) is 15.6. The van der Waals surface area contributed by atoms with Crippen LogP contribution < -0.4 is 26.0 Å². The summed E-state index contributed by atoms with van der Waals surface area (Å²) in [6.45, 7) is 12.4. The lowest BCUT2D eigenvalue weighted by Gasteiger charge is -2.35. The van der Waals surface area contributed by atoms with Crippen molar-refractivity contribution in [3.63, 3.8) is 0 Å². The van der Waals surface area contributed by atoms with Crippen molar-refractivity contribution in [1.82, 2.24) is 50.4 Å². The first-order valence-electron chi connectivity index (χ1n) is 28.6. The number of aliphatic hydroxyl groups is 1. The molecule has 5 heterocycles. The Morgan fingerprint density at radius 1 is 0.917 bits per heavy atom. The van der Waals surface area contributed by atoms with Crippen molar-refractivity contribution in [3.05, 3.63) is 113 Å². The molecule has 2 aliphatic heterocycles. The zero-order valence-electron chi connectivity index (χ0n) is 48.1. The summed E-state index contributed by atoms with van der Waals surface area (Å²) in [6, 6.07) is 13.8. The molecule has 4 amide bonds. The van der Waals surface area contributed by atoms with E-state index < -0.39 is 41.2 Å². The number of hydrogen-bond acceptors (Lipinski definition) is 17. The molecule has 8 rings (SSSR count). The van der Waals surface area contributed by atoms with Crippen LogP contribution in [-0.4, -0.2) is 159 Å². The Balaban J connectivity index is 0.692. The number of likely N-dealkylation sites (tertiary alicyclic amines) is 2. The molecule has 5 N–H and O–H groups in total. The SMILES string of the molecule is Cc1ncsc1-c1ccc(CNC(=O)[C@@H]2C[C@@H](O)CN2C(=O)[C@@H](NC(=O)COCCOCCOCCn2cc(CCCCCOc3cc4ncnc(Nc5ccc(F)c(Cl)c5)c4cc3NC(=O)/C=C/CN3CCCCC3)nn2)C(C)(C)C)cc1. The number of hydrogen-bond donors (Lipinski definition) is 5. The van der Waals surface area contributed by atoms with E-state index in [1.807, 2.05) is 69.7 Å². The quantitative estimate of drug-likeness (QED) is 0.0213. The number of β-amino-alcohol motifs (C(OH)–C–C–N with tert-alkyl or cyclic N) is 1. The lowest BCUT2D eigenvalue weighted by atomic mass is 9.85. The number of thiazole rings is 1. The van der Waals surface area contributed by atoms with Crippen molar-refractivity contribution in [1.29, 1.82) is 0 Å². The van der Waals surface area contributed by atoms with Gasteiger partial charge in [0.2, 0.25) is 23.6 Å². The molecule has 0 aliphatic carbocycles. The largest absolute Gasteiger partial charge is 0.491 e. The van der Waals surface area contributed by atoms with E-state index in [4.69, 9.17) is 30.5 Å². The van der Waals surface area contributed by atoms with Gasteiger partial charge in [-0.2, -0.15) is 0 Å². The topological polar surface area (TPSA) is 249 Å². The maximum Gasteiger partial charge on any atom is 0.248 e. The Bertz CT molecular complexity index is 3170. The molecule has 24 heteroatoms. The average Bonchev–Trinajstić information content (AvgIpc) is 4.33. The van der Waals surface area contributed by atoms with E-state index in [9.17, 15) is 28.7 Å². The maximum atomic E-state index is 14.0. The molecule has 0 unspecified atom stereocenters. The van der Waals surface area contributed by atoms with E-state index >= 15 is 0 Å². The van der Waals surface area contributed by atoms with E-state index in [1.54, 1.807) is 40.3 Å². The van der Waals surface area contributed by atoms with Gasteiger partial charge in [-0.15, -0.1) is 16.4 Å². The van der Waals surface area contributed by atoms with E-state index in [-0.39, 0.29) is 56.2 Å². The minimum absolute atomic E-state index is 0.0274. The second-order valence-corrected chi connectivity index (χ2v) is 23.2. The summed E-state index contributed by atoms with van der Waals surface area (Å²) in [6.07, 6.45) is 12.7. The number of anilines is 3. The van der Waals surface area contributed by atoms with Gasteiger partial charge >= 0.3 is 0 Å². The van der Waals surface area contributed by atoms with Gasteiger partial charge in [0.15, 0.2) is 0 Å². The number of aromatic nitrogens is 6. The second kappa shape index (κ2) is 31.2. The van der Waals surface area contributed by atoms with Gasteiger partial charge in [-0.1, -0.05) is 74.3 Å². The van der Waals surface area contributed by atoms with Crippen LogP contribution in [0.5, 0.6) is 5.75 Å². The predicted molar refractivity (Wildman–Crippen MR) is 319 cm³/mol. The molecule has 6 aromatic rings. The summed E-state index contributed by atoms with van der Waals surface area (Å²) in [5, 5.41) is 31.7. The van der Waals surface area contributed by atoms with Gasteiger partial charge in [0.25, 0.3) is 0 Å². The molecule has 2 saturated heterocycles. The van der Waals surface area contributed by atoms with Crippen LogP contribution in [0.4, 0.5) is 21.6 Å². The van der Waals surface area contributed by atoms with Crippen molar-refractivity contribution in [2.24, 2.45) is 5.41 Å². The number of rotatable bonds is 30. The number of nitrogens with zero attached hydrogens (tertiary/aromatic N) is 8. The lowest BCUT2D eigenvalue weighted by molar-refractivity contribution is -0.144. The molecule has 0 bridgehead atoms. The van der Waals surface area contributed by atoms with Crippen molar-refractivity contribution >= 4 is 74.7 Å². The van der Waals surface area contributed by atoms with Crippen LogP contribution in [0.3, 0.4) is 0 Å². The first kappa shape index (κ1) is 63.0. The summed E-state index contributed by atoms with van der Waals surface area (Å²) >= 11 is 7.61. The number of carbonyl (C=O) groups excluding carboxylic acids is 4. The van der Waals surface area contributed by atoms with Gasteiger partial charge in [-0.25, -0.2) is 24.0 Å². The monoisotopic (exact) mass is 1190 g/mol. The summed E-state index contributed by atoms with van der Waals surface area (Å²) in [7, 11) is 0. The van der Waals surface area contributed by atoms with Gasteiger partial charge in [0, 0.05) is 55.5 Å². The summed E-state index contributed by atoms with van der Waals surface area (Å²) in [4.78, 5) is 71.7. The molecule has 0 radical (unpaired) electrons. The fraction of sp³-hybridized carbons (Fsp3) is 0.483. The number of nitrogens with one attached hydrogen (secondary N) is 4. The molecule has 0 saturated carbocycles. The smallest absolute Gasteiger partial charge is 0.248 e. The summed E-state index contributed by atoms with van der Waals surface area (Å²) in [5.74, 6) is -1.23. The normalized spacial score (nSPS) is 16.1. The van der Waals surface area contributed by atoms with Crippen LogP contribution >= 0.6 is 22.9 Å². The molecular weight excluding hydrogens is 1120 g/mol. The van der Waals surface area contributed by atoms with Crippen LogP contribution in [0.25, 0.3) is 21.3 Å². The third-order valence-electron chi connectivity index (χ3n) is 14.3. The highest BCUT2D eigenvalue weighted by Gasteiger charge is 2.44. The Labute approximate surface area is 498 Å². The third kappa shape index (κ3) is 18.8. The first-order valence-corrected chi connectivity index (χ1v) is 29.8. The number of aryl methyl sites for hydroxylation is 2. The fourth-order valence-corrected chi connectivity index (χ4v) is 10.8. The molecule has 2 fully saturated rings. The Hall–Kier alpha value is -6.99. The van der Waals surface area contributed by atoms with Gasteiger partial charge in [0.1, 0.15) is 42.4 Å². The lowest BCUT2D eigenvalue weighted by Crippen LogP contribution is -2.58. The highest BCUT2D eigenvalue weighted by Crippen LogP contribution is 2.35. The van der Waals surface area contributed by atoms with E-state index in [1.165, 1.54) is 29.8 Å². The van der Waals surface area contributed by atoms with Crippen molar-refractivity contribution in [2.45, 2.75) is 110 Å². The van der Waals surface area contributed by atoms with Crippen molar-refractivity contribution in [2.75, 3.05) is 83.1 Å². The molecule has 450 valence electrons. The fourth-order valence-electron chi connectivity index (χ4n) is 9.81. The number of amides is 4. The molecule has 3 aromatic carbocycles. The number of halogens is 2. The summed E-state index contributed by atoms with van der Waals surface area (Å²) < 4.78 is 38.9. The number of fused-ring (bicyclic) bond motifs is 1. The minimum atomic E-state index is -0.980. The Morgan fingerprint density at radius 3 is 2.44 bits per heavy atom. The van der Waals surface area contributed by atoms with Crippen LogP contribution in [0.2, 0.25) is 5.02 Å². The van der Waals surface area contributed by atoms with E-state index in [2.05, 4.69) is 51.4 Å². The van der Waals surface area contributed by atoms with Crippen LogP contribution in [-0.2, 0) is 52.9 Å². The molecule has 2 aliphatic rings. The maximum absolute atomic E-state index is 14.0. The first-order chi connectivity index (χ1) is 40.6. The number of carbonyl (C=O) groups is 4. The van der Waals surface area contributed by atoms with Gasteiger partial charge in [-0.05, 0) is 99.3 Å².